The Morgan fingerprint density at radius 1 is 1.23 bits per heavy atom. The highest BCUT2D eigenvalue weighted by molar-refractivity contribution is 6.37. The Labute approximate surface area is 259 Å². The van der Waals surface area contributed by atoms with Crippen LogP contribution < -0.4 is 19.7 Å². The van der Waals surface area contributed by atoms with Crippen LogP contribution in [-0.2, 0) is 0 Å². The zero-order valence-electron chi connectivity index (χ0n) is 24.0. The fraction of sp³-hybridized carbons (Fsp3) is 0.412. The van der Waals surface area contributed by atoms with E-state index in [2.05, 4.69) is 21.0 Å². The predicted octanol–water partition coefficient (Wildman–Crippen LogP) is 5.06. The smallest absolute Gasteiger partial charge is 0.319 e. The number of anilines is 1. The van der Waals surface area contributed by atoms with Gasteiger partial charge in [0.25, 0.3) is 0 Å². The Hall–Kier alpha value is -3.84. The average Bonchev–Trinajstić information content (AvgIpc) is 3.76. The third-order valence-electron chi connectivity index (χ3n) is 10.5. The molecule has 1 aromatic heterocycles. The first-order valence-electron chi connectivity index (χ1n) is 15.4. The van der Waals surface area contributed by atoms with Gasteiger partial charge in [-0.15, -0.1) is 6.42 Å². The highest BCUT2D eigenvalue weighted by Gasteiger charge is 2.51. The second kappa shape index (κ2) is 9.58. The highest BCUT2D eigenvalue weighted by Crippen LogP contribution is 2.50. The first kappa shape index (κ1) is 26.6. The lowest BCUT2D eigenvalue weighted by molar-refractivity contribution is 0.107. The van der Waals surface area contributed by atoms with E-state index >= 15 is 0 Å². The summed E-state index contributed by atoms with van der Waals surface area (Å²) in [6.07, 6.45) is 8.49. The molecule has 8 nitrogen and oxygen atoms in total. The molecule has 0 radical (unpaired) electrons. The molecule has 0 amide bonds. The van der Waals surface area contributed by atoms with Gasteiger partial charge in [-0.2, -0.15) is 9.97 Å². The van der Waals surface area contributed by atoms with E-state index in [1.54, 1.807) is 12.1 Å². The Morgan fingerprint density at radius 2 is 2.14 bits per heavy atom. The second-order valence-electron chi connectivity index (χ2n) is 12.9. The standard InChI is InChI=1S/C34H31ClFN5O3/c1-2-18-5-3-6-19-9-22(42)11-23(28(18)19)24-12-26-29-31(30(24)35)43-16-27-25-10-21(14-37-25)41(27)32(29)39-33(38-26)44-17-34-7-4-8-40(34)15-20(36)13-34/h1,3,5-6,9,11-12,20-21,25,27,37,42H,4,7-8,10,13-17H2/t20-,21?,25?,27?,34+/m1/s1. The molecule has 2 bridgehead atoms. The molecule has 4 saturated heterocycles. The molecule has 0 aliphatic carbocycles. The zero-order chi connectivity index (χ0) is 29.7. The molecule has 224 valence electrons. The number of terminal acetylenes is 1. The lowest BCUT2D eigenvalue weighted by Crippen LogP contribution is -2.53. The summed E-state index contributed by atoms with van der Waals surface area (Å²) >= 11 is 7.23. The molecule has 5 aliphatic heterocycles. The maximum Gasteiger partial charge on any atom is 0.319 e. The van der Waals surface area contributed by atoms with Crippen LogP contribution in [0.3, 0.4) is 0 Å². The quantitative estimate of drug-likeness (QED) is 0.310. The van der Waals surface area contributed by atoms with Gasteiger partial charge >= 0.3 is 6.01 Å². The average molecular weight is 612 g/mol. The first-order chi connectivity index (χ1) is 21.4. The number of hydrogen-bond acceptors (Lipinski definition) is 8. The summed E-state index contributed by atoms with van der Waals surface area (Å²) in [5.74, 6) is 4.16. The summed E-state index contributed by atoms with van der Waals surface area (Å²) in [5, 5.41) is 17.1. The van der Waals surface area contributed by atoms with Crippen LogP contribution in [0.1, 0.15) is 31.2 Å². The van der Waals surface area contributed by atoms with Crippen LogP contribution in [0.5, 0.6) is 17.5 Å². The third-order valence-corrected chi connectivity index (χ3v) is 10.9. The number of phenolic OH excluding ortho intramolecular Hbond substituents is 1. The van der Waals surface area contributed by atoms with Crippen molar-refractivity contribution in [3.63, 3.8) is 0 Å². The van der Waals surface area contributed by atoms with Crippen molar-refractivity contribution in [3.05, 3.63) is 47.0 Å². The molecule has 0 spiro atoms. The van der Waals surface area contributed by atoms with Gasteiger partial charge in [-0.3, -0.25) is 4.90 Å². The maximum atomic E-state index is 14.5. The molecule has 5 aliphatic rings. The van der Waals surface area contributed by atoms with E-state index in [0.29, 0.717) is 59.2 Å². The molecular weight excluding hydrogens is 581 g/mol. The Bertz CT molecular complexity index is 1910. The normalized spacial score (nSPS) is 28.6. The molecule has 9 rings (SSSR count). The van der Waals surface area contributed by atoms with Crippen LogP contribution >= 0.6 is 11.6 Å². The molecule has 3 unspecified atom stereocenters. The number of aromatic hydroxyl groups is 1. The number of fused-ring (bicyclic) bond motifs is 8. The van der Waals surface area contributed by atoms with Crippen LogP contribution in [0, 0.1) is 12.3 Å². The minimum atomic E-state index is -0.844. The lowest BCUT2D eigenvalue weighted by Gasteiger charge is -2.35. The molecule has 4 aromatic rings. The molecule has 6 heterocycles. The van der Waals surface area contributed by atoms with E-state index in [-0.39, 0.29) is 35.4 Å². The van der Waals surface area contributed by atoms with Crippen molar-refractivity contribution in [2.45, 2.75) is 55.5 Å². The monoisotopic (exact) mass is 611 g/mol. The zero-order valence-corrected chi connectivity index (χ0v) is 24.8. The summed E-state index contributed by atoms with van der Waals surface area (Å²) in [4.78, 5) is 14.5. The molecule has 44 heavy (non-hydrogen) atoms. The fourth-order valence-corrected chi connectivity index (χ4v) is 8.89. The molecule has 3 aromatic carbocycles. The van der Waals surface area contributed by atoms with Crippen molar-refractivity contribution in [1.29, 1.82) is 0 Å². The first-order valence-corrected chi connectivity index (χ1v) is 15.7. The highest BCUT2D eigenvalue weighted by atomic mass is 35.5. The summed E-state index contributed by atoms with van der Waals surface area (Å²) in [7, 11) is 0. The molecule has 5 atom stereocenters. The number of aromatic nitrogens is 2. The Balaban J connectivity index is 1.24. The molecular formula is C34H31ClFN5O3. The largest absolute Gasteiger partial charge is 0.508 e. The van der Waals surface area contributed by atoms with Gasteiger partial charge < -0.3 is 24.8 Å². The van der Waals surface area contributed by atoms with Gasteiger partial charge in [-0.1, -0.05) is 29.7 Å². The minimum absolute atomic E-state index is 0.0762. The van der Waals surface area contributed by atoms with Crippen molar-refractivity contribution < 1.29 is 19.0 Å². The van der Waals surface area contributed by atoms with Gasteiger partial charge in [-0.25, -0.2) is 4.39 Å². The van der Waals surface area contributed by atoms with E-state index in [9.17, 15) is 9.50 Å². The van der Waals surface area contributed by atoms with Crippen molar-refractivity contribution in [2.24, 2.45) is 0 Å². The van der Waals surface area contributed by atoms with Crippen molar-refractivity contribution in [2.75, 3.05) is 37.7 Å². The lowest BCUT2D eigenvalue weighted by atomic mass is 9.93. The Morgan fingerprint density at radius 3 is 3.02 bits per heavy atom. The summed E-state index contributed by atoms with van der Waals surface area (Å²) < 4.78 is 27.5. The van der Waals surface area contributed by atoms with Gasteiger partial charge in [0.2, 0.25) is 0 Å². The molecule has 2 N–H and O–H groups in total. The maximum absolute atomic E-state index is 14.5. The minimum Gasteiger partial charge on any atom is -0.508 e. The number of halogens is 2. The number of rotatable bonds is 4. The van der Waals surface area contributed by atoms with Crippen LogP contribution in [-0.4, -0.2) is 82.7 Å². The van der Waals surface area contributed by atoms with Crippen molar-refractivity contribution >= 4 is 39.1 Å². The number of nitrogens with zero attached hydrogens (tertiary/aromatic N) is 4. The van der Waals surface area contributed by atoms with Gasteiger partial charge in [0.15, 0.2) is 5.75 Å². The van der Waals surface area contributed by atoms with Crippen molar-refractivity contribution in [1.82, 2.24) is 20.2 Å². The number of phenols is 1. The van der Waals surface area contributed by atoms with Crippen LogP contribution in [0.15, 0.2) is 36.4 Å². The molecule has 4 fully saturated rings. The second-order valence-corrected chi connectivity index (χ2v) is 13.3. The van der Waals surface area contributed by atoms with E-state index in [0.717, 1.165) is 54.3 Å². The van der Waals surface area contributed by atoms with Crippen LogP contribution in [0.4, 0.5) is 10.2 Å². The van der Waals surface area contributed by atoms with E-state index in [4.69, 9.17) is 37.5 Å². The van der Waals surface area contributed by atoms with Crippen LogP contribution in [0.25, 0.3) is 32.8 Å². The van der Waals surface area contributed by atoms with Gasteiger partial charge in [0.1, 0.15) is 31.0 Å². The number of nitrogens with one attached hydrogen (secondary N) is 1. The number of alkyl halides is 1. The van der Waals surface area contributed by atoms with Gasteiger partial charge in [0.05, 0.1) is 27.5 Å². The number of ether oxygens (including phenoxy) is 2. The van der Waals surface area contributed by atoms with Gasteiger partial charge in [0, 0.05) is 48.1 Å². The predicted molar refractivity (Wildman–Crippen MR) is 168 cm³/mol. The fourth-order valence-electron chi connectivity index (χ4n) is 8.59. The molecule has 0 saturated carbocycles. The van der Waals surface area contributed by atoms with Crippen molar-refractivity contribution in [3.8, 4) is 41.0 Å². The van der Waals surface area contributed by atoms with Gasteiger partial charge in [-0.05, 0) is 61.0 Å². The Kier molecular flexibility index (Phi) is 5.78. The third kappa shape index (κ3) is 3.77. The number of benzene rings is 3. The van der Waals surface area contributed by atoms with E-state index in [1.165, 1.54) is 0 Å². The SMILES string of the molecule is C#Cc1cccc2cc(O)cc(-c3cc4nc(OC[C@@]56CCCN5C[C@H](F)C6)nc5c4c(c3Cl)OCC3C4CC(CN4)N53)c12. The van der Waals surface area contributed by atoms with E-state index < -0.39 is 6.17 Å². The van der Waals surface area contributed by atoms with E-state index in [1.807, 2.05) is 24.3 Å². The van der Waals surface area contributed by atoms with Crippen LogP contribution in [0.2, 0.25) is 5.02 Å². The topological polar surface area (TPSA) is 83.0 Å². The number of hydrogen-bond donors (Lipinski definition) is 2. The summed E-state index contributed by atoms with van der Waals surface area (Å²) in [5.41, 5.74) is 2.33. The summed E-state index contributed by atoms with van der Waals surface area (Å²) in [6, 6.07) is 11.9. The summed E-state index contributed by atoms with van der Waals surface area (Å²) in [6.45, 7) is 2.98. The number of piperazine rings is 1. The molecule has 10 heteroatoms.